The number of halogens is 1. The Kier molecular flexibility index (Phi) is 3.99. The topological polar surface area (TPSA) is 0 Å². The maximum atomic E-state index is 3.59. The van der Waals surface area contributed by atoms with Crippen molar-refractivity contribution in [3.8, 4) is 0 Å². The maximum Gasteiger partial charge on any atom is 0.0195 e. The smallest absolute Gasteiger partial charge is 0.0195 e. The van der Waals surface area contributed by atoms with Gasteiger partial charge in [-0.05, 0) is 41.3 Å². The summed E-state index contributed by atoms with van der Waals surface area (Å²) in [5.41, 5.74) is 4.37. The monoisotopic (exact) mass is 332 g/mol. The number of rotatable bonds is 3. The Morgan fingerprint density at radius 2 is 1.95 bits per heavy atom. The van der Waals surface area contributed by atoms with Gasteiger partial charge in [-0.2, -0.15) is 0 Å². The lowest BCUT2D eigenvalue weighted by Gasteiger charge is -2.12. The van der Waals surface area contributed by atoms with E-state index in [0.29, 0.717) is 5.92 Å². The molecule has 2 aromatic rings. The van der Waals surface area contributed by atoms with Crippen LogP contribution in [0.25, 0.3) is 0 Å². The molecule has 0 aromatic heterocycles. The molecule has 1 heterocycles. The van der Waals surface area contributed by atoms with Gasteiger partial charge < -0.3 is 0 Å². The third-order valence-electron chi connectivity index (χ3n) is 3.67. The van der Waals surface area contributed by atoms with Gasteiger partial charge in [0.2, 0.25) is 0 Å². The van der Waals surface area contributed by atoms with Crippen LogP contribution in [0.15, 0.2) is 51.8 Å². The van der Waals surface area contributed by atoms with Crippen LogP contribution in [-0.2, 0) is 6.42 Å². The van der Waals surface area contributed by atoms with Crippen molar-refractivity contribution >= 4 is 27.7 Å². The molecule has 0 spiro atoms. The lowest BCUT2D eigenvalue weighted by molar-refractivity contribution is 0.907. The zero-order valence-electron chi connectivity index (χ0n) is 11.0. The molecule has 1 aliphatic rings. The minimum atomic E-state index is 0.549. The van der Waals surface area contributed by atoms with Crippen LogP contribution < -0.4 is 0 Å². The zero-order valence-corrected chi connectivity index (χ0v) is 13.4. The van der Waals surface area contributed by atoms with Crippen molar-refractivity contribution < 1.29 is 0 Å². The SMILES string of the molecule is CCCc1ccc(C2CSc3ccc(Br)cc32)cc1. The van der Waals surface area contributed by atoms with Gasteiger partial charge in [0.1, 0.15) is 0 Å². The summed E-state index contributed by atoms with van der Waals surface area (Å²) in [6.07, 6.45) is 2.40. The molecular formula is C17H17BrS. The van der Waals surface area contributed by atoms with E-state index in [2.05, 4.69) is 65.3 Å². The third kappa shape index (κ3) is 2.75. The van der Waals surface area contributed by atoms with Crippen molar-refractivity contribution in [3.05, 3.63) is 63.6 Å². The molecule has 0 radical (unpaired) electrons. The Balaban J connectivity index is 1.90. The maximum absolute atomic E-state index is 3.59. The summed E-state index contributed by atoms with van der Waals surface area (Å²) in [4.78, 5) is 1.44. The quantitative estimate of drug-likeness (QED) is 0.700. The van der Waals surface area contributed by atoms with Gasteiger partial charge in [0.15, 0.2) is 0 Å². The van der Waals surface area contributed by atoms with Crippen LogP contribution in [0.5, 0.6) is 0 Å². The van der Waals surface area contributed by atoms with Crippen LogP contribution in [0, 0.1) is 0 Å². The summed E-state index contributed by atoms with van der Waals surface area (Å²) in [5.74, 6) is 1.71. The number of benzene rings is 2. The minimum absolute atomic E-state index is 0.549. The van der Waals surface area contributed by atoms with Crippen LogP contribution >= 0.6 is 27.7 Å². The Bertz CT molecular complexity index is 574. The number of aryl methyl sites for hydroxylation is 1. The van der Waals surface area contributed by atoms with E-state index in [9.17, 15) is 0 Å². The summed E-state index contributed by atoms with van der Waals surface area (Å²) in [6.45, 7) is 2.23. The molecule has 0 nitrogen and oxygen atoms in total. The molecule has 2 aromatic carbocycles. The van der Waals surface area contributed by atoms with Crippen molar-refractivity contribution in [2.45, 2.75) is 30.6 Å². The predicted octanol–water partition coefficient (Wildman–Crippen LogP) is 5.64. The second kappa shape index (κ2) is 5.72. The molecule has 2 heteroatoms. The van der Waals surface area contributed by atoms with Crippen molar-refractivity contribution in [3.63, 3.8) is 0 Å². The van der Waals surface area contributed by atoms with E-state index in [0.717, 1.165) is 0 Å². The Labute approximate surface area is 127 Å². The van der Waals surface area contributed by atoms with Crippen molar-refractivity contribution in [2.24, 2.45) is 0 Å². The van der Waals surface area contributed by atoms with Crippen LogP contribution in [-0.4, -0.2) is 5.75 Å². The highest BCUT2D eigenvalue weighted by molar-refractivity contribution is 9.10. The molecule has 3 rings (SSSR count). The van der Waals surface area contributed by atoms with Gasteiger partial charge in [-0.25, -0.2) is 0 Å². The number of fused-ring (bicyclic) bond motifs is 1. The summed E-state index contributed by atoms with van der Waals surface area (Å²) in [7, 11) is 0. The molecule has 0 aliphatic carbocycles. The van der Waals surface area contributed by atoms with E-state index in [1.165, 1.54) is 44.7 Å². The molecule has 1 aliphatic heterocycles. The largest absolute Gasteiger partial charge is 0.125 e. The number of hydrogen-bond acceptors (Lipinski definition) is 1. The molecule has 98 valence electrons. The Morgan fingerprint density at radius 3 is 2.68 bits per heavy atom. The summed E-state index contributed by atoms with van der Waals surface area (Å²) in [6, 6.07) is 15.9. The first kappa shape index (κ1) is 13.3. The van der Waals surface area contributed by atoms with E-state index < -0.39 is 0 Å². The lowest BCUT2D eigenvalue weighted by atomic mass is 9.92. The van der Waals surface area contributed by atoms with Gasteiger partial charge in [-0.3, -0.25) is 0 Å². The van der Waals surface area contributed by atoms with E-state index in [1.54, 1.807) is 0 Å². The average Bonchev–Trinajstić information content (AvgIpc) is 2.83. The highest BCUT2D eigenvalue weighted by Gasteiger charge is 2.24. The van der Waals surface area contributed by atoms with Crippen molar-refractivity contribution in [1.29, 1.82) is 0 Å². The summed E-state index contributed by atoms with van der Waals surface area (Å²) >= 11 is 5.56. The first-order valence-electron chi connectivity index (χ1n) is 6.79. The highest BCUT2D eigenvalue weighted by Crippen LogP contribution is 2.44. The lowest BCUT2D eigenvalue weighted by Crippen LogP contribution is -1.99. The molecule has 0 bridgehead atoms. The molecule has 19 heavy (non-hydrogen) atoms. The van der Waals surface area contributed by atoms with Crippen molar-refractivity contribution in [2.75, 3.05) is 5.75 Å². The third-order valence-corrected chi connectivity index (χ3v) is 5.35. The van der Waals surface area contributed by atoms with Crippen LogP contribution in [0.1, 0.15) is 36.0 Å². The zero-order chi connectivity index (χ0) is 13.2. The van der Waals surface area contributed by atoms with E-state index in [1.807, 2.05) is 11.8 Å². The Hall–Kier alpha value is -0.730. The average molecular weight is 333 g/mol. The summed E-state index contributed by atoms with van der Waals surface area (Å²) < 4.78 is 1.18. The first-order valence-corrected chi connectivity index (χ1v) is 8.57. The van der Waals surface area contributed by atoms with Gasteiger partial charge in [0, 0.05) is 21.0 Å². The minimum Gasteiger partial charge on any atom is -0.125 e. The van der Waals surface area contributed by atoms with E-state index in [4.69, 9.17) is 0 Å². The van der Waals surface area contributed by atoms with Crippen LogP contribution in [0.2, 0.25) is 0 Å². The van der Waals surface area contributed by atoms with Gasteiger partial charge in [0.05, 0.1) is 0 Å². The molecule has 1 atom stereocenters. The first-order chi connectivity index (χ1) is 9.28. The normalized spacial score (nSPS) is 17.5. The molecule has 0 saturated carbocycles. The molecule has 0 saturated heterocycles. The fourth-order valence-corrected chi connectivity index (χ4v) is 4.30. The summed E-state index contributed by atoms with van der Waals surface area (Å²) in [5, 5.41) is 0. The fraction of sp³-hybridized carbons (Fsp3) is 0.294. The standard InChI is InChI=1S/C17H17BrS/c1-2-3-12-4-6-13(7-5-12)16-11-19-17-9-8-14(18)10-15(16)17/h4-10,16H,2-3,11H2,1H3. The number of thioether (sulfide) groups is 1. The Morgan fingerprint density at radius 1 is 1.16 bits per heavy atom. The number of hydrogen-bond donors (Lipinski definition) is 0. The second-order valence-corrected chi connectivity index (χ2v) is 7.01. The van der Waals surface area contributed by atoms with Gasteiger partial charge in [0.25, 0.3) is 0 Å². The molecule has 1 unspecified atom stereocenters. The predicted molar refractivity (Wildman–Crippen MR) is 87.1 cm³/mol. The van der Waals surface area contributed by atoms with Crippen molar-refractivity contribution in [1.82, 2.24) is 0 Å². The fourth-order valence-electron chi connectivity index (χ4n) is 2.67. The molecule has 0 fully saturated rings. The highest BCUT2D eigenvalue weighted by atomic mass is 79.9. The molecule has 0 N–H and O–H groups in total. The van der Waals surface area contributed by atoms with E-state index in [-0.39, 0.29) is 0 Å². The van der Waals surface area contributed by atoms with Gasteiger partial charge in [-0.1, -0.05) is 53.5 Å². The second-order valence-electron chi connectivity index (χ2n) is 5.04. The molecular weight excluding hydrogens is 316 g/mol. The van der Waals surface area contributed by atoms with Crippen LogP contribution in [0.3, 0.4) is 0 Å². The van der Waals surface area contributed by atoms with E-state index >= 15 is 0 Å². The van der Waals surface area contributed by atoms with Crippen LogP contribution in [0.4, 0.5) is 0 Å². The van der Waals surface area contributed by atoms with Gasteiger partial charge >= 0.3 is 0 Å². The molecule has 0 amide bonds. The van der Waals surface area contributed by atoms with Gasteiger partial charge in [-0.15, -0.1) is 11.8 Å².